The fourth-order valence-electron chi connectivity index (χ4n) is 2.45. The number of nitrogens with zero attached hydrogens (tertiary/aromatic N) is 2. The van der Waals surface area contributed by atoms with E-state index >= 15 is 0 Å². The lowest BCUT2D eigenvalue weighted by Crippen LogP contribution is -2.09. The van der Waals surface area contributed by atoms with Gasteiger partial charge in [0, 0.05) is 19.2 Å². The highest BCUT2D eigenvalue weighted by Crippen LogP contribution is 2.21. The van der Waals surface area contributed by atoms with Crippen molar-refractivity contribution in [1.29, 1.82) is 5.26 Å². The Labute approximate surface area is 130 Å². The van der Waals surface area contributed by atoms with Crippen molar-refractivity contribution in [3.8, 4) is 6.07 Å². The van der Waals surface area contributed by atoms with Crippen LogP contribution in [-0.2, 0) is 22.7 Å². The lowest BCUT2D eigenvalue weighted by atomic mass is 10.2. The van der Waals surface area contributed by atoms with Crippen LogP contribution in [0.4, 0.5) is 0 Å². The monoisotopic (exact) mass is 294 g/mol. The smallest absolute Gasteiger partial charge is 0.128 e. The summed E-state index contributed by atoms with van der Waals surface area (Å²) < 4.78 is 13.3. The average Bonchev–Trinajstić information content (AvgIpc) is 2.98. The lowest BCUT2D eigenvalue weighted by Gasteiger charge is -2.18. The van der Waals surface area contributed by atoms with Crippen LogP contribution in [0.2, 0.25) is 0 Å². The third kappa shape index (κ3) is 3.38. The van der Waals surface area contributed by atoms with Crippen LogP contribution >= 0.6 is 0 Å². The Bertz CT molecular complexity index is 696. The predicted octanol–water partition coefficient (Wildman–Crippen LogP) is 3.69. The van der Waals surface area contributed by atoms with Gasteiger partial charge in [0.25, 0.3) is 0 Å². The number of aromatic nitrogens is 1. The van der Waals surface area contributed by atoms with E-state index in [1.165, 1.54) is 5.56 Å². The summed E-state index contributed by atoms with van der Waals surface area (Å²) in [6.45, 7) is 1.86. The normalized spacial score (nSPS) is 13.0. The van der Waals surface area contributed by atoms with Crippen LogP contribution < -0.4 is 0 Å². The van der Waals surface area contributed by atoms with E-state index in [0.717, 1.165) is 24.3 Å². The van der Waals surface area contributed by atoms with Crippen molar-refractivity contribution in [2.24, 2.45) is 0 Å². The minimum absolute atomic E-state index is 0.526. The van der Waals surface area contributed by atoms with Gasteiger partial charge < -0.3 is 14.0 Å². The SMILES string of the molecule is N#Cc1ccc2n1C=C(CCCOCc1ccccc1)OC2. The van der Waals surface area contributed by atoms with E-state index in [-0.39, 0.29) is 0 Å². The molecule has 0 atom stereocenters. The fourth-order valence-corrected chi connectivity index (χ4v) is 2.45. The van der Waals surface area contributed by atoms with Gasteiger partial charge in [-0.2, -0.15) is 5.26 Å². The van der Waals surface area contributed by atoms with Crippen LogP contribution in [-0.4, -0.2) is 11.2 Å². The van der Waals surface area contributed by atoms with E-state index in [1.54, 1.807) is 0 Å². The molecule has 2 aromatic rings. The van der Waals surface area contributed by atoms with Crippen molar-refractivity contribution in [1.82, 2.24) is 4.57 Å². The first-order chi connectivity index (χ1) is 10.9. The summed E-state index contributed by atoms with van der Waals surface area (Å²) >= 11 is 0. The Hall–Kier alpha value is -2.51. The van der Waals surface area contributed by atoms with Crippen LogP contribution in [0.3, 0.4) is 0 Å². The van der Waals surface area contributed by atoms with Gasteiger partial charge in [0.05, 0.1) is 12.3 Å². The predicted molar refractivity (Wildman–Crippen MR) is 83.5 cm³/mol. The Morgan fingerprint density at radius 3 is 2.86 bits per heavy atom. The highest BCUT2D eigenvalue weighted by molar-refractivity contribution is 5.42. The van der Waals surface area contributed by atoms with Crippen molar-refractivity contribution in [2.45, 2.75) is 26.1 Å². The second-order valence-electron chi connectivity index (χ2n) is 5.22. The highest BCUT2D eigenvalue weighted by atomic mass is 16.5. The number of fused-ring (bicyclic) bond motifs is 1. The Morgan fingerprint density at radius 2 is 2.05 bits per heavy atom. The van der Waals surface area contributed by atoms with Crippen molar-refractivity contribution in [2.75, 3.05) is 6.61 Å². The van der Waals surface area contributed by atoms with Gasteiger partial charge in [-0.3, -0.25) is 0 Å². The molecule has 0 unspecified atom stereocenters. The molecule has 0 saturated heterocycles. The number of rotatable bonds is 6. The van der Waals surface area contributed by atoms with Crippen LogP contribution in [0.25, 0.3) is 6.20 Å². The summed E-state index contributed by atoms with van der Waals surface area (Å²) in [6.07, 6.45) is 3.63. The molecule has 4 heteroatoms. The van der Waals surface area contributed by atoms with Gasteiger partial charge in [0.2, 0.25) is 0 Å². The zero-order chi connectivity index (χ0) is 15.2. The number of hydrogen-bond acceptors (Lipinski definition) is 3. The second kappa shape index (κ2) is 6.97. The number of benzene rings is 1. The zero-order valence-electron chi connectivity index (χ0n) is 12.4. The average molecular weight is 294 g/mol. The summed E-state index contributed by atoms with van der Waals surface area (Å²) in [5.41, 5.74) is 2.85. The minimum atomic E-state index is 0.526. The van der Waals surface area contributed by atoms with E-state index in [1.807, 2.05) is 41.1 Å². The molecule has 0 spiro atoms. The van der Waals surface area contributed by atoms with Gasteiger partial charge in [-0.05, 0) is 24.1 Å². The van der Waals surface area contributed by atoms with Crippen LogP contribution in [0.15, 0.2) is 48.2 Å². The fraction of sp³-hybridized carbons (Fsp3) is 0.278. The molecule has 1 aliphatic rings. The van der Waals surface area contributed by atoms with Gasteiger partial charge in [0.15, 0.2) is 0 Å². The molecule has 0 aliphatic carbocycles. The van der Waals surface area contributed by atoms with Crippen LogP contribution in [0.5, 0.6) is 0 Å². The molecule has 0 saturated carbocycles. The molecule has 1 aliphatic heterocycles. The first-order valence-corrected chi connectivity index (χ1v) is 7.42. The quantitative estimate of drug-likeness (QED) is 0.763. The molecule has 0 bridgehead atoms. The first-order valence-electron chi connectivity index (χ1n) is 7.42. The van der Waals surface area contributed by atoms with Gasteiger partial charge in [-0.15, -0.1) is 0 Å². The number of allylic oxidation sites excluding steroid dienone is 1. The Balaban J connectivity index is 1.46. The number of ether oxygens (including phenoxy) is 2. The van der Waals surface area contributed by atoms with E-state index < -0.39 is 0 Å². The molecule has 112 valence electrons. The summed E-state index contributed by atoms with van der Waals surface area (Å²) in [7, 11) is 0. The Kier molecular flexibility index (Phi) is 4.57. The van der Waals surface area contributed by atoms with Gasteiger partial charge in [-0.25, -0.2) is 0 Å². The van der Waals surface area contributed by atoms with Gasteiger partial charge in [-0.1, -0.05) is 30.3 Å². The molecule has 3 rings (SSSR count). The molecule has 0 N–H and O–H groups in total. The molecular formula is C18H18N2O2. The van der Waals surface area contributed by atoms with E-state index in [0.29, 0.717) is 25.5 Å². The minimum Gasteiger partial charge on any atom is -0.490 e. The molecule has 2 heterocycles. The molecule has 0 fully saturated rings. The molecule has 22 heavy (non-hydrogen) atoms. The largest absolute Gasteiger partial charge is 0.490 e. The van der Waals surface area contributed by atoms with E-state index in [9.17, 15) is 0 Å². The van der Waals surface area contributed by atoms with E-state index in [2.05, 4.69) is 18.2 Å². The van der Waals surface area contributed by atoms with Crippen LogP contribution in [0, 0.1) is 11.3 Å². The topological polar surface area (TPSA) is 47.2 Å². The first kappa shape index (κ1) is 14.4. The lowest BCUT2D eigenvalue weighted by molar-refractivity contribution is 0.111. The van der Waals surface area contributed by atoms with Crippen LogP contribution in [0.1, 0.15) is 29.8 Å². The molecule has 1 aromatic carbocycles. The third-order valence-corrected chi connectivity index (χ3v) is 3.62. The molecule has 4 nitrogen and oxygen atoms in total. The maximum Gasteiger partial charge on any atom is 0.128 e. The van der Waals surface area contributed by atoms with Crippen molar-refractivity contribution in [3.63, 3.8) is 0 Å². The maximum absolute atomic E-state index is 9.06. The highest BCUT2D eigenvalue weighted by Gasteiger charge is 2.13. The second-order valence-corrected chi connectivity index (χ2v) is 5.22. The van der Waals surface area contributed by atoms with Crippen molar-refractivity contribution < 1.29 is 9.47 Å². The van der Waals surface area contributed by atoms with Crippen molar-refractivity contribution in [3.05, 3.63) is 65.2 Å². The van der Waals surface area contributed by atoms with Gasteiger partial charge >= 0.3 is 0 Å². The summed E-state index contributed by atoms with van der Waals surface area (Å²) in [5.74, 6) is 0.906. The van der Waals surface area contributed by atoms with E-state index in [4.69, 9.17) is 14.7 Å². The standard InChI is InChI=1S/C18H18N2O2/c19-11-16-8-9-17-14-22-18(12-20(16)17)7-4-10-21-13-15-5-2-1-3-6-15/h1-3,5-6,8-9,12H,4,7,10,13-14H2. The number of nitriles is 1. The molecular weight excluding hydrogens is 276 g/mol. The number of hydrogen-bond donors (Lipinski definition) is 0. The third-order valence-electron chi connectivity index (χ3n) is 3.62. The Morgan fingerprint density at radius 1 is 1.18 bits per heavy atom. The summed E-state index contributed by atoms with van der Waals surface area (Å²) in [5, 5.41) is 9.06. The molecule has 0 radical (unpaired) electrons. The zero-order valence-corrected chi connectivity index (χ0v) is 12.4. The molecule has 1 aromatic heterocycles. The maximum atomic E-state index is 9.06. The summed E-state index contributed by atoms with van der Waals surface area (Å²) in [4.78, 5) is 0. The molecule has 0 amide bonds. The van der Waals surface area contributed by atoms with Crippen molar-refractivity contribution >= 4 is 6.20 Å². The summed E-state index contributed by atoms with van der Waals surface area (Å²) in [6, 6.07) is 16.1. The van der Waals surface area contributed by atoms with Gasteiger partial charge in [0.1, 0.15) is 24.1 Å².